The molecule has 5 nitrogen and oxygen atoms in total. The summed E-state index contributed by atoms with van der Waals surface area (Å²) in [5.41, 5.74) is 1.26. The first kappa shape index (κ1) is 16.3. The molecule has 0 saturated heterocycles. The van der Waals surface area contributed by atoms with Crippen molar-refractivity contribution in [3.8, 4) is 11.5 Å². The molecule has 5 heteroatoms. The molecule has 0 atom stereocenters. The molecular weight excluding hydrogens is 296 g/mol. The average Bonchev–Trinajstić information content (AvgIpc) is 2.60. The van der Waals surface area contributed by atoms with Crippen LogP contribution in [0, 0.1) is 0 Å². The van der Waals surface area contributed by atoms with Crippen molar-refractivity contribution in [1.82, 2.24) is 0 Å². The van der Waals surface area contributed by atoms with Gasteiger partial charge in [-0.1, -0.05) is 36.4 Å². The Morgan fingerprint density at radius 1 is 1.04 bits per heavy atom. The summed E-state index contributed by atoms with van der Waals surface area (Å²) < 4.78 is 15.4. The Hall–Kier alpha value is -3.08. The van der Waals surface area contributed by atoms with E-state index in [9.17, 15) is 9.59 Å². The molecule has 0 aliphatic rings. The van der Waals surface area contributed by atoms with Crippen LogP contribution in [0.25, 0.3) is 0 Å². The molecule has 0 aromatic heterocycles. The van der Waals surface area contributed by atoms with Crippen molar-refractivity contribution in [2.75, 3.05) is 7.11 Å². The van der Waals surface area contributed by atoms with E-state index in [1.54, 1.807) is 18.2 Å². The molecule has 0 heterocycles. The van der Waals surface area contributed by atoms with Gasteiger partial charge in [-0.3, -0.25) is 4.79 Å². The van der Waals surface area contributed by atoms with Gasteiger partial charge in [-0.15, -0.1) is 0 Å². The zero-order chi connectivity index (χ0) is 16.5. The number of ether oxygens (including phenoxy) is 3. The largest absolute Gasteiger partial charge is 0.488 e. The Bertz CT molecular complexity index is 692. The smallest absolute Gasteiger partial charge is 0.333 e. The highest BCUT2D eigenvalue weighted by Crippen LogP contribution is 2.27. The molecule has 2 aromatic carbocycles. The van der Waals surface area contributed by atoms with Gasteiger partial charge in [0.25, 0.3) is 0 Å². The normalized spacial score (nSPS) is 10.3. The Morgan fingerprint density at radius 2 is 1.78 bits per heavy atom. The number of carbonyl (C=O) groups excluding carboxylic acids is 2. The van der Waals surface area contributed by atoms with Crippen molar-refractivity contribution in [2.45, 2.75) is 6.61 Å². The van der Waals surface area contributed by atoms with Crippen molar-refractivity contribution >= 4 is 12.3 Å². The number of carbonyl (C=O) groups is 2. The summed E-state index contributed by atoms with van der Waals surface area (Å²) in [4.78, 5) is 22.3. The van der Waals surface area contributed by atoms with Gasteiger partial charge in [-0.2, -0.15) is 0 Å². The molecule has 0 amide bonds. The highest BCUT2D eigenvalue weighted by Gasteiger charge is 2.10. The van der Waals surface area contributed by atoms with Crippen LogP contribution < -0.4 is 9.47 Å². The monoisotopic (exact) mass is 312 g/mol. The number of methoxy groups -OCH3 is 1. The van der Waals surface area contributed by atoms with Crippen molar-refractivity contribution < 1.29 is 23.8 Å². The maximum absolute atomic E-state index is 11.3. The van der Waals surface area contributed by atoms with Crippen LogP contribution >= 0.6 is 0 Å². The van der Waals surface area contributed by atoms with E-state index in [0.717, 1.165) is 17.9 Å². The van der Waals surface area contributed by atoms with E-state index < -0.39 is 5.97 Å². The molecule has 0 N–H and O–H groups in total. The molecule has 118 valence electrons. The van der Waals surface area contributed by atoms with Crippen molar-refractivity contribution in [2.24, 2.45) is 0 Å². The van der Waals surface area contributed by atoms with Gasteiger partial charge in [0.05, 0.1) is 25.0 Å². The average molecular weight is 312 g/mol. The minimum atomic E-state index is -0.547. The number of hydrogen-bond donors (Lipinski definition) is 0. The van der Waals surface area contributed by atoms with Crippen molar-refractivity contribution in [1.29, 1.82) is 0 Å². The van der Waals surface area contributed by atoms with Crippen LogP contribution in [0.4, 0.5) is 0 Å². The lowest BCUT2D eigenvalue weighted by molar-refractivity contribution is -0.134. The number of benzene rings is 2. The summed E-state index contributed by atoms with van der Waals surface area (Å²) in [6, 6.07) is 14.6. The number of aldehydes is 1. The second-order valence-electron chi connectivity index (χ2n) is 4.50. The Balaban J connectivity index is 2.11. The van der Waals surface area contributed by atoms with Crippen LogP contribution in [0.1, 0.15) is 15.9 Å². The minimum absolute atomic E-state index is 0.276. The van der Waals surface area contributed by atoms with Crippen LogP contribution in [0.15, 0.2) is 60.9 Å². The SMILES string of the molecule is COC(=O)/C=C/Oc1cccc(OCc2ccccc2)c1C=O. The molecule has 0 aliphatic heterocycles. The third kappa shape index (κ3) is 4.71. The van der Waals surface area contributed by atoms with E-state index in [2.05, 4.69) is 4.74 Å². The molecule has 0 saturated carbocycles. The van der Waals surface area contributed by atoms with E-state index >= 15 is 0 Å². The molecular formula is C18H16O5. The highest BCUT2D eigenvalue weighted by atomic mass is 16.5. The fourth-order valence-corrected chi connectivity index (χ4v) is 1.83. The van der Waals surface area contributed by atoms with Gasteiger partial charge >= 0.3 is 5.97 Å². The van der Waals surface area contributed by atoms with Crippen LogP contribution in [-0.2, 0) is 16.1 Å². The lowest BCUT2D eigenvalue weighted by Crippen LogP contribution is -2.00. The van der Waals surface area contributed by atoms with Crippen LogP contribution in [0.3, 0.4) is 0 Å². The number of rotatable bonds is 7. The summed E-state index contributed by atoms with van der Waals surface area (Å²) >= 11 is 0. The lowest BCUT2D eigenvalue weighted by atomic mass is 10.2. The fourth-order valence-electron chi connectivity index (χ4n) is 1.83. The first-order valence-corrected chi connectivity index (χ1v) is 6.90. The topological polar surface area (TPSA) is 61.8 Å². The molecule has 0 radical (unpaired) electrons. The van der Waals surface area contributed by atoms with Gasteiger partial charge in [0, 0.05) is 0 Å². The molecule has 0 fully saturated rings. The molecule has 0 spiro atoms. The summed E-state index contributed by atoms with van der Waals surface area (Å²) in [5, 5.41) is 0. The van der Waals surface area contributed by atoms with E-state index in [0.29, 0.717) is 24.4 Å². The fraction of sp³-hybridized carbons (Fsp3) is 0.111. The maximum Gasteiger partial charge on any atom is 0.333 e. The maximum atomic E-state index is 11.3. The van der Waals surface area contributed by atoms with E-state index in [1.807, 2.05) is 30.3 Å². The zero-order valence-electron chi connectivity index (χ0n) is 12.6. The molecule has 0 unspecified atom stereocenters. The van der Waals surface area contributed by atoms with Crippen molar-refractivity contribution in [3.05, 3.63) is 72.0 Å². The summed E-state index contributed by atoms with van der Waals surface area (Å²) in [6.45, 7) is 0.336. The Morgan fingerprint density at radius 3 is 2.48 bits per heavy atom. The molecule has 2 aromatic rings. The van der Waals surface area contributed by atoms with Gasteiger partial charge in [0.15, 0.2) is 6.29 Å². The van der Waals surface area contributed by atoms with Gasteiger partial charge in [0.2, 0.25) is 0 Å². The third-order valence-corrected chi connectivity index (χ3v) is 2.98. The number of esters is 1. The Kier molecular flexibility index (Phi) is 5.94. The van der Waals surface area contributed by atoms with Crippen LogP contribution in [0.5, 0.6) is 11.5 Å². The first-order valence-electron chi connectivity index (χ1n) is 6.90. The predicted octanol–water partition coefficient (Wildman–Crippen LogP) is 3.14. The zero-order valence-corrected chi connectivity index (χ0v) is 12.6. The molecule has 0 aliphatic carbocycles. The van der Waals surface area contributed by atoms with E-state index in [4.69, 9.17) is 9.47 Å². The standard InChI is InChI=1S/C18H16O5/c1-21-18(20)10-11-22-16-8-5-9-17(15(16)12-19)23-13-14-6-3-2-4-7-14/h2-12H,13H2,1H3/b11-10+. The van der Waals surface area contributed by atoms with Crippen LogP contribution in [0.2, 0.25) is 0 Å². The van der Waals surface area contributed by atoms with Crippen LogP contribution in [-0.4, -0.2) is 19.4 Å². The second kappa shape index (κ2) is 8.38. The summed E-state index contributed by atoms with van der Waals surface area (Å²) in [7, 11) is 1.27. The Labute approximate surface area is 134 Å². The highest BCUT2D eigenvalue weighted by molar-refractivity contribution is 5.84. The van der Waals surface area contributed by atoms with Gasteiger partial charge < -0.3 is 14.2 Å². The quantitative estimate of drug-likeness (QED) is 0.340. The second-order valence-corrected chi connectivity index (χ2v) is 4.50. The van der Waals surface area contributed by atoms with E-state index in [1.165, 1.54) is 7.11 Å². The van der Waals surface area contributed by atoms with Crippen molar-refractivity contribution in [3.63, 3.8) is 0 Å². The lowest BCUT2D eigenvalue weighted by Gasteiger charge is -2.11. The van der Waals surface area contributed by atoms with Gasteiger partial charge in [-0.05, 0) is 17.7 Å². The first-order chi connectivity index (χ1) is 11.2. The molecule has 23 heavy (non-hydrogen) atoms. The van der Waals surface area contributed by atoms with E-state index in [-0.39, 0.29) is 5.56 Å². The molecule has 2 rings (SSSR count). The van der Waals surface area contributed by atoms with Gasteiger partial charge in [-0.25, -0.2) is 4.79 Å². The number of hydrogen-bond acceptors (Lipinski definition) is 5. The molecule has 0 bridgehead atoms. The summed E-state index contributed by atoms with van der Waals surface area (Å²) in [6.07, 6.45) is 2.93. The minimum Gasteiger partial charge on any atom is -0.488 e. The van der Waals surface area contributed by atoms with Gasteiger partial charge in [0.1, 0.15) is 18.1 Å². The third-order valence-electron chi connectivity index (χ3n) is 2.98. The summed E-state index contributed by atoms with van der Waals surface area (Å²) in [5.74, 6) is 0.160. The predicted molar refractivity (Wildman–Crippen MR) is 84.4 cm³/mol.